The van der Waals surface area contributed by atoms with Gasteiger partial charge in [-0.1, -0.05) is 29.5 Å². The summed E-state index contributed by atoms with van der Waals surface area (Å²) in [6, 6.07) is 0. The maximum atomic E-state index is 11.5. The van der Waals surface area contributed by atoms with Crippen LogP contribution in [-0.4, -0.2) is 29.2 Å². The van der Waals surface area contributed by atoms with Crippen LogP contribution in [0.3, 0.4) is 0 Å². The smallest absolute Gasteiger partial charge is 0.339 e. The lowest BCUT2D eigenvalue weighted by Gasteiger charge is -2.29. The highest BCUT2D eigenvalue weighted by atomic mass is 127. The number of esters is 1. The lowest BCUT2D eigenvalue weighted by atomic mass is 10.0. The van der Waals surface area contributed by atoms with E-state index < -0.39 is 5.60 Å². The Hall–Kier alpha value is 0.160. The molecule has 4 heteroatoms. The number of rotatable bonds is 5. The fourth-order valence-electron chi connectivity index (χ4n) is 1.00. The van der Waals surface area contributed by atoms with Crippen LogP contribution in [0.25, 0.3) is 0 Å². The minimum absolute atomic E-state index is 0.133. The topological polar surface area (TPSA) is 35.5 Å². The van der Waals surface area contributed by atoms with Crippen LogP contribution >= 0.6 is 22.6 Å². The molecule has 0 aliphatic carbocycles. The van der Waals surface area contributed by atoms with Crippen LogP contribution in [0, 0.1) is 0 Å². The molecule has 0 heterocycles. The van der Waals surface area contributed by atoms with Crippen molar-refractivity contribution >= 4 is 28.6 Å². The second-order valence-corrected chi connectivity index (χ2v) is 4.41. The molecule has 0 aromatic rings. The second kappa shape index (κ2) is 5.80. The Kier molecular flexibility index (Phi) is 5.87. The van der Waals surface area contributed by atoms with Gasteiger partial charge in [-0.3, -0.25) is 0 Å². The van der Waals surface area contributed by atoms with E-state index in [1.165, 1.54) is 7.11 Å². The van der Waals surface area contributed by atoms with Gasteiger partial charge in [-0.15, -0.1) is 0 Å². The summed E-state index contributed by atoms with van der Waals surface area (Å²) in [5.41, 5.74) is -0.814. The van der Waals surface area contributed by atoms with E-state index in [1.807, 2.05) is 6.92 Å². The monoisotopic (exact) mass is 300 g/mol. The molecule has 78 valence electrons. The molecule has 0 saturated heterocycles. The van der Waals surface area contributed by atoms with Crippen molar-refractivity contribution in [3.63, 3.8) is 0 Å². The Morgan fingerprint density at radius 1 is 1.54 bits per heavy atom. The van der Waals surface area contributed by atoms with Crippen LogP contribution in [0.15, 0.2) is 0 Å². The fourth-order valence-corrected chi connectivity index (χ4v) is 1.51. The van der Waals surface area contributed by atoms with E-state index >= 15 is 0 Å². The van der Waals surface area contributed by atoms with E-state index in [0.29, 0.717) is 6.61 Å². The van der Waals surface area contributed by atoms with E-state index in [4.69, 9.17) is 9.47 Å². The molecule has 0 rings (SSSR count). The number of carbonyl (C=O) groups is 1. The van der Waals surface area contributed by atoms with Crippen molar-refractivity contribution < 1.29 is 14.3 Å². The molecule has 0 aliphatic rings. The van der Waals surface area contributed by atoms with Crippen LogP contribution < -0.4 is 0 Å². The van der Waals surface area contributed by atoms with Gasteiger partial charge in [0, 0.05) is 7.11 Å². The van der Waals surface area contributed by atoms with Crippen molar-refractivity contribution in [1.82, 2.24) is 0 Å². The second-order valence-electron chi connectivity index (χ2n) is 2.91. The van der Waals surface area contributed by atoms with Crippen molar-refractivity contribution in [2.24, 2.45) is 0 Å². The molecule has 0 saturated carbocycles. The highest BCUT2D eigenvalue weighted by Crippen LogP contribution is 2.26. The number of methoxy groups -OCH3 is 1. The minimum atomic E-state index is -0.814. The molecule has 0 aromatic carbocycles. The van der Waals surface area contributed by atoms with Gasteiger partial charge in [0.05, 0.1) is 10.5 Å². The van der Waals surface area contributed by atoms with Crippen molar-refractivity contribution in [2.45, 2.75) is 36.7 Å². The van der Waals surface area contributed by atoms with Gasteiger partial charge in [-0.2, -0.15) is 0 Å². The summed E-state index contributed by atoms with van der Waals surface area (Å²) in [6.07, 6.45) is 0.879. The highest BCUT2D eigenvalue weighted by Gasteiger charge is 2.40. The molecule has 3 nitrogen and oxygen atoms in total. The normalized spacial score (nSPS) is 17.6. The van der Waals surface area contributed by atoms with Crippen molar-refractivity contribution in [3.05, 3.63) is 0 Å². The lowest BCUT2D eigenvalue weighted by Crippen LogP contribution is -2.46. The first kappa shape index (κ1) is 13.2. The molecule has 0 N–H and O–H groups in total. The van der Waals surface area contributed by atoms with Crippen LogP contribution in [0.5, 0.6) is 0 Å². The molecule has 0 spiro atoms. The average Bonchev–Trinajstić information content (AvgIpc) is 2.15. The molecular weight excluding hydrogens is 283 g/mol. The zero-order chi connectivity index (χ0) is 10.5. The molecule has 0 amide bonds. The molecule has 0 bridgehead atoms. The first-order valence-electron chi connectivity index (χ1n) is 4.39. The minimum Gasteiger partial charge on any atom is -0.464 e. The quantitative estimate of drug-likeness (QED) is 0.443. The summed E-state index contributed by atoms with van der Waals surface area (Å²) in [4.78, 5) is 11.5. The zero-order valence-corrected chi connectivity index (χ0v) is 10.8. The Balaban J connectivity index is 4.51. The number of ether oxygens (including phenoxy) is 2. The molecule has 0 aromatic heterocycles. The van der Waals surface area contributed by atoms with E-state index in [0.717, 1.165) is 6.42 Å². The summed E-state index contributed by atoms with van der Waals surface area (Å²) in [7, 11) is 1.54. The molecule has 0 aliphatic heterocycles. The van der Waals surface area contributed by atoms with Crippen molar-refractivity contribution in [1.29, 1.82) is 0 Å². The van der Waals surface area contributed by atoms with Crippen LogP contribution in [0.2, 0.25) is 0 Å². The van der Waals surface area contributed by atoms with E-state index in [9.17, 15) is 4.79 Å². The average molecular weight is 300 g/mol. The highest BCUT2D eigenvalue weighted by molar-refractivity contribution is 14.1. The number of halogens is 1. The van der Waals surface area contributed by atoms with Crippen LogP contribution in [0.4, 0.5) is 0 Å². The van der Waals surface area contributed by atoms with Gasteiger partial charge in [0.15, 0.2) is 5.60 Å². The Labute approximate surface area is 93.3 Å². The molecule has 0 fully saturated rings. The van der Waals surface area contributed by atoms with Gasteiger partial charge in [-0.05, 0) is 20.3 Å². The molecule has 0 unspecified atom stereocenters. The predicted molar refractivity (Wildman–Crippen MR) is 60.1 cm³/mol. The molecule has 2 atom stereocenters. The van der Waals surface area contributed by atoms with Gasteiger partial charge in [0.25, 0.3) is 0 Å². The molecule has 0 radical (unpaired) electrons. The standard InChI is InChI=1S/C9H17IO3/c1-5-7(10)9(3,12-4)8(11)13-6-2/h7H,5-6H2,1-4H3/t7-,9-/m1/s1. The maximum absolute atomic E-state index is 11.5. The predicted octanol–water partition coefficient (Wildman–Crippen LogP) is 2.17. The van der Waals surface area contributed by atoms with E-state index in [1.54, 1.807) is 13.8 Å². The summed E-state index contributed by atoms with van der Waals surface area (Å²) in [5, 5.41) is 0. The number of carbonyl (C=O) groups excluding carboxylic acids is 1. The Morgan fingerprint density at radius 3 is 2.38 bits per heavy atom. The summed E-state index contributed by atoms with van der Waals surface area (Å²) < 4.78 is 10.3. The fraction of sp³-hybridized carbons (Fsp3) is 0.889. The van der Waals surface area contributed by atoms with Crippen LogP contribution in [0.1, 0.15) is 27.2 Å². The molecule has 13 heavy (non-hydrogen) atoms. The maximum Gasteiger partial charge on any atom is 0.339 e. The summed E-state index contributed by atoms with van der Waals surface area (Å²) >= 11 is 2.21. The SMILES string of the molecule is CCOC(=O)[C@](C)(OC)[C@H](I)CC. The first-order valence-corrected chi connectivity index (χ1v) is 5.63. The van der Waals surface area contributed by atoms with Gasteiger partial charge < -0.3 is 9.47 Å². The third-order valence-corrected chi connectivity index (χ3v) is 4.13. The van der Waals surface area contributed by atoms with E-state index in [-0.39, 0.29) is 9.89 Å². The van der Waals surface area contributed by atoms with Crippen molar-refractivity contribution in [2.75, 3.05) is 13.7 Å². The third-order valence-electron chi connectivity index (χ3n) is 2.06. The van der Waals surface area contributed by atoms with Crippen molar-refractivity contribution in [3.8, 4) is 0 Å². The third kappa shape index (κ3) is 3.09. The van der Waals surface area contributed by atoms with Gasteiger partial charge in [-0.25, -0.2) is 4.79 Å². The number of hydrogen-bond donors (Lipinski definition) is 0. The summed E-state index contributed by atoms with van der Waals surface area (Å²) in [5.74, 6) is -0.279. The van der Waals surface area contributed by atoms with E-state index in [2.05, 4.69) is 22.6 Å². The lowest BCUT2D eigenvalue weighted by molar-refractivity contribution is -0.166. The van der Waals surface area contributed by atoms with Gasteiger partial charge in [0.1, 0.15) is 0 Å². The summed E-state index contributed by atoms with van der Waals surface area (Å²) in [6.45, 7) is 5.98. The Bertz CT molecular complexity index is 172. The Morgan fingerprint density at radius 2 is 2.08 bits per heavy atom. The first-order chi connectivity index (χ1) is 6.02. The van der Waals surface area contributed by atoms with Gasteiger partial charge in [0.2, 0.25) is 0 Å². The van der Waals surface area contributed by atoms with Gasteiger partial charge >= 0.3 is 5.97 Å². The van der Waals surface area contributed by atoms with Crippen LogP contribution in [-0.2, 0) is 14.3 Å². The molecular formula is C9H17IO3. The number of alkyl halides is 1. The zero-order valence-electron chi connectivity index (χ0n) is 8.59. The largest absolute Gasteiger partial charge is 0.464 e. The number of hydrogen-bond acceptors (Lipinski definition) is 3.